The van der Waals surface area contributed by atoms with Gasteiger partial charge in [-0.2, -0.15) is 10.1 Å². The van der Waals surface area contributed by atoms with Gasteiger partial charge in [0.1, 0.15) is 6.54 Å². The van der Waals surface area contributed by atoms with Crippen LogP contribution in [0.4, 0.5) is 5.95 Å². The zero-order chi connectivity index (χ0) is 18.5. The first-order valence-electron chi connectivity index (χ1n) is 8.10. The molecule has 3 rings (SSSR count). The molecule has 0 saturated carbocycles. The molecule has 10 nitrogen and oxygen atoms in total. The second-order valence-corrected chi connectivity index (χ2v) is 6.19. The fourth-order valence-corrected chi connectivity index (χ4v) is 3.06. The SMILES string of the molecule is CCCn1c(=O)c2c(nc3n2C(C)C(C)=NN3CC(N)=O)n(C)c1=O. The first-order chi connectivity index (χ1) is 11.8. The molecule has 0 spiro atoms. The number of carbonyl (C=O) groups is 1. The number of anilines is 1. The van der Waals surface area contributed by atoms with E-state index >= 15 is 0 Å². The Kier molecular flexibility index (Phi) is 3.97. The van der Waals surface area contributed by atoms with E-state index in [4.69, 9.17) is 5.73 Å². The lowest BCUT2D eigenvalue weighted by atomic mass is 10.2. The standard InChI is InChI=1S/C15H21N7O3/c1-5-6-20-13(24)11-12(19(4)15(20)25)17-14-21(7-10(16)23)18-8(2)9(3)22(11)14/h9H,5-7H2,1-4H3,(H2,16,23). The van der Waals surface area contributed by atoms with Crippen LogP contribution in [0.5, 0.6) is 0 Å². The third kappa shape index (κ3) is 2.44. The Bertz CT molecular complexity index is 1010. The number of primary amides is 1. The van der Waals surface area contributed by atoms with Crippen LogP contribution in [-0.4, -0.2) is 36.8 Å². The second kappa shape index (κ2) is 5.87. The van der Waals surface area contributed by atoms with E-state index in [-0.39, 0.29) is 23.8 Å². The summed E-state index contributed by atoms with van der Waals surface area (Å²) >= 11 is 0. The number of rotatable bonds is 4. The monoisotopic (exact) mass is 347 g/mol. The molecular formula is C15H21N7O3. The van der Waals surface area contributed by atoms with Crippen molar-refractivity contribution in [2.75, 3.05) is 11.6 Å². The van der Waals surface area contributed by atoms with Gasteiger partial charge in [-0.05, 0) is 20.3 Å². The van der Waals surface area contributed by atoms with Crippen LogP contribution in [0.15, 0.2) is 14.7 Å². The lowest BCUT2D eigenvalue weighted by Crippen LogP contribution is -2.40. The van der Waals surface area contributed by atoms with Crippen molar-refractivity contribution in [2.24, 2.45) is 17.9 Å². The molecule has 1 unspecified atom stereocenters. The summed E-state index contributed by atoms with van der Waals surface area (Å²) in [6.45, 7) is 5.76. The smallest absolute Gasteiger partial charge is 0.332 e. The van der Waals surface area contributed by atoms with Crippen LogP contribution < -0.4 is 22.0 Å². The number of hydrazone groups is 1. The van der Waals surface area contributed by atoms with Gasteiger partial charge in [0.05, 0.1) is 11.8 Å². The number of nitrogens with two attached hydrogens (primary N) is 1. The van der Waals surface area contributed by atoms with Gasteiger partial charge in [0.2, 0.25) is 11.9 Å². The maximum atomic E-state index is 12.9. The van der Waals surface area contributed by atoms with E-state index in [2.05, 4.69) is 10.1 Å². The van der Waals surface area contributed by atoms with Gasteiger partial charge in [0.25, 0.3) is 5.56 Å². The van der Waals surface area contributed by atoms with E-state index in [1.54, 1.807) is 18.5 Å². The van der Waals surface area contributed by atoms with E-state index in [1.807, 2.05) is 13.8 Å². The molecule has 10 heteroatoms. The second-order valence-electron chi connectivity index (χ2n) is 6.19. The largest absolute Gasteiger partial charge is 0.368 e. The Morgan fingerprint density at radius 2 is 2.00 bits per heavy atom. The van der Waals surface area contributed by atoms with Crippen LogP contribution in [0.1, 0.15) is 33.2 Å². The molecule has 0 radical (unpaired) electrons. The molecule has 0 saturated heterocycles. The van der Waals surface area contributed by atoms with Gasteiger partial charge >= 0.3 is 5.69 Å². The summed E-state index contributed by atoms with van der Waals surface area (Å²) in [4.78, 5) is 41.2. The average Bonchev–Trinajstić information content (AvgIpc) is 2.95. The van der Waals surface area contributed by atoms with Gasteiger partial charge in [-0.25, -0.2) is 9.80 Å². The van der Waals surface area contributed by atoms with Crippen molar-refractivity contribution in [2.45, 2.75) is 39.8 Å². The number of aryl methyl sites for hydroxylation is 1. The molecule has 0 aromatic carbocycles. The molecule has 1 atom stereocenters. The summed E-state index contributed by atoms with van der Waals surface area (Å²) in [6, 6.07) is -0.232. The van der Waals surface area contributed by atoms with Crippen LogP contribution in [0.2, 0.25) is 0 Å². The van der Waals surface area contributed by atoms with Gasteiger partial charge in [0.15, 0.2) is 11.2 Å². The molecule has 0 fully saturated rings. The molecule has 1 aliphatic rings. The number of amides is 1. The number of fused-ring (bicyclic) bond motifs is 3. The summed E-state index contributed by atoms with van der Waals surface area (Å²) in [5.74, 6) is -0.241. The van der Waals surface area contributed by atoms with Gasteiger partial charge in [-0.15, -0.1) is 0 Å². The number of nitrogens with zero attached hydrogens (tertiary/aromatic N) is 6. The third-order valence-corrected chi connectivity index (χ3v) is 4.41. The molecule has 25 heavy (non-hydrogen) atoms. The van der Waals surface area contributed by atoms with Crippen molar-refractivity contribution in [1.29, 1.82) is 0 Å². The summed E-state index contributed by atoms with van der Waals surface area (Å²) in [7, 11) is 1.58. The van der Waals surface area contributed by atoms with Gasteiger partial charge in [-0.1, -0.05) is 6.92 Å². The maximum absolute atomic E-state index is 12.9. The third-order valence-electron chi connectivity index (χ3n) is 4.41. The highest BCUT2D eigenvalue weighted by atomic mass is 16.2. The van der Waals surface area contributed by atoms with Crippen molar-refractivity contribution in [3.63, 3.8) is 0 Å². The van der Waals surface area contributed by atoms with E-state index in [1.165, 1.54) is 14.1 Å². The van der Waals surface area contributed by atoms with Crippen molar-refractivity contribution in [1.82, 2.24) is 18.7 Å². The summed E-state index contributed by atoms with van der Waals surface area (Å²) in [5, 5.41) is 5.72. The normalized spacial score (nSPS) is 16.9. The predicted molar refractivity (Wildman–Crippen MR) is 93.9 cm³/mol. The number of carbonyl (C=O) groups excluding carboxylic acids is 1. The molecule has 1 amide bonds. The first-order valence-corrected chi connectivity index (χ1v) is 8.10. The Morgan fingerprint density at radius 1 is 1.32 bits per heavy atom. The van der Waals surface area contributed by atoms with Gasteiger partial charge < -0.3 is 5.73 Å². The zero-order valence-electron chi connectivity index (χ0n) is 14.7. The minimum atomic E-state index is -0.568. The van der Waals surface area contributed by atoms with Crippen molar-refractivity contribution < 1.29 is 4.79 Å². The van der Waals surface area contributed by atoms with Crippen LogP contribution >= 0.6 is 0 Å². The molecule has 2 aromatic rings. The predicted octanol–water partition coefficient (Wildman–Crippen LogP) is -0.451. The Labute approximate surface area is 143 Å². The molecule has 2 aromatic heterocycles. The number of hydrogen-bond acceptors (Lipinski definition) is 6. The number of imidazole rings is 1. The molecular weight excluding hydrogens is 326 g/mol. The highest BCUT2D eigenvalue weighted by Gasteiger charge is 2.31. The van der Waals surface area contributed by atoms with Crippen LogP contribution in [0.3, 0.4) is 0 Å². The number of hydrogen-bond donors (Lipinski definition) is 1. The first kappa shape index (κ1) is 16.9. The summed E-state index contributed by atoms with van der Waals surface area (Å²) < 4.78 is 4.28. The van der Waals surface area contributed by atoms with E-state index in [9.17, 15) is 14.4 Å². The highest BCUT2D eigenvalue weighted by molar-refractivity contribution is 5.92. The quantitative estimate of drug-likeness (QED) is 0.803. The lowest BCUT2D eigenvalue weighted by molar-refractivity contribution is -0.116. The van der Waals surface area contributed by atoms with Crippen LogP contribution in [0, 0.1) is 0 Å². The number of aromatic nitrogens is 4. The van der Waals surface area contributed by atoms with E-state index < -0.39 is 11.6 Å². The Hall–Kier alpha value is -2.91. The molecule has 0 bridgehead atoms. The van der Waals surface area contributed by atoms with Gasteiger partial charge in [-0.3, -0.25) is 23.3 Å². The highest BCUT2D eigenvalue weighted by Crippen LogP contribution is 2.29. The maximum Gasteiger partial charge on any atom is 0.332 e. The Balaban J connectivity index is 2.40. The molecule has 2 N–H and O–H groups in total. The van der Waals surface area contributed by atoms with E-state index in [0.717, 1.165) is 0 Å². The lowest BCUT2D eigenvalue weighted by Gasteiger charge is -2.28. The summed E-state index contributed by atoms with van der Waals surface area (Å²) in [6.07, 6.45) is 0.658. The van der Waals surface area contributed by atoms with Crippen molar-refractivity contribution >= 4 is 28.7 Å². The average molecular weight is 347 g/mol. The zero-order valence-corrected chi connectivity index (χ0v) is 14.7. The van der Waals surface area contributed by atoms with Gasteiger partial charge in [0, 0.05) is 13.6 Å². The minimum Gasteiger partial charge on any atom is -0.368 e. The van der Waals surface area contributed by atoms with Crippen molar-refractivity contribution in [3.8, 4) is 0 Å². The molecule has 134 valence electrons. The fraction of sp³-hybridized carbons (Fsp3) is 0.533. The minimum absolute atomic E-state index is 0.162. The molecule has 3 heterocycles. The topological polar surface area (TPSA) is 121 Å². The van der Waals surface area contributed by atoms with Crippen LogP contribution in [-0.2, 0) is 18.4 Å². The van der Waals surface area contributed by atoms with E-state index in [0.29, 0.717) is 30.1 Å². The Morgan fingerprint density at radius 3 is 2.60 bits per heavy atom. The van der Waals surface area contributed by atoms with Crippen LogP contribution in [0.25, 0.3) is 11.2 Å². The summed E-state index contributed by atoms with van der Waals surface area (Å²) in [5.41, 5.74) is 5.79. The fourth-order valence-electron chi connectivity index (χ4n) is 3.06. The molecule has 1 aliphatic heterocycles. The molecule has 0 aliphatic carbocycles. The van der Waals surface area contributed by atoms with Crippen molar-refractivity contribution in [3.05, 3.63) is 20.8 Å².